The minimum absolute atomic E-state index is 0.355. The molecule has 1 aliphatic rings. The van der Waals surface area contributed by atoms with Crippen LogP contribution in [0.15, 0.2) is 18.3 Å². The van der Waals surface area contributed by atoms with Gasteiger partial charge in [-0.15, -0.1) is 0 Å². The maximum absolute atomic E-state index is 9.73. The molecule has 2 heterocycles. The third kappa shape index (κ3) is 2.19. The van der Waals surface area contributed by atoms with Gasteiger partial charge in [-0.3, -0.25) is 0 Å². The maximum atomic E-state index is 9.73. The van der Waals surface area contributed by atoms with Crippen molar-refractivity contribution in [1.29, 1.82) is 0 Å². The predicted octanol–water partition coefficient (Wildman–Crippen LogP) is 2.37. The molecular formula is C13H20N2O. The van der Waals surface area contributed by atoms with E-state index >= 15 is 0 Å². The van der Waals surface area contributed by atoms with Gasteiger partial charge in [0, 0.05) is 24.8 Å². The summed E-state index contributed by atoms with van der Waals surface area (Å²) in [4.78, 5) is 6.69. The maximum Gasteiger partial charge on any atom is 0.134 e. The zero-order valence-corrected chi connectivity index (χ0v) is 10.3. The molecule has 1 aliphatic heterocycles. The van der Waals surface area contributed by atoms with Crippen molar-refractivity contribution < 1.29 is 5.11 Å². The highest BCUT2D eigenvalue weighted by atomic mass is 16.3. The van der Waals surface area contributed by atoms with Gasteiger partial charge in [0.1, 0.15) is 5.82 Å². The van der Waals surface area contributed by atoms with Crippen LogP contribution in [0.1, 0.15) is 38.9 Å². The van der Waals surface area contributed by atoms with Crippen molar-refractivity contribution in [2.45, 2.75) is 33.3 Å². The second kappa shape index (κ2) is 4.06. The number of aliphatic hydroxyl groups is 1. The van der Waals surface area contributed by atoms with Gasteiger partial charge in [0.15, 0.2) is 0 Å². The molecule has 1 aromatic heterocycles. The molecule has 3 nitrogen and oxygen atoms in total. The molecule has 0 aliphatic carbocycles. The molecule has 1 aromatic rings. The van der Waals surface area contributed by atoms with Crippen molar-refractivity contribution in [3.63, 3.8) is 0 Å². The summed E-state index contributed by atoms with van der Waals surface area (Å²) in [6, 6.07) is 3.84. The van der Waals surface area contributed by atoms with Crippen molar-refractivity contribution >= 4 is 5.82 Å². The minimum atomic E-state index is -0.451. The number of aliphatic hydroxyl groups excluding tert-OH is 1. The first-order valence-corrected chi connectivity index (χ1v) is 5.87. The molecule has 1 atom stereocenters. The van der Waals surface area contributed by atoms with Gasteiger partial charge in [0.2, 0.25) is 0 Å². The Morgan fingerprint density at radius 2 is 2.25 bits per heavy atom. The number of hydrogen-bond acceptors (Lipinski definition) is 3. The van der Waals surface area contributed by atoms with Crippen molar-refractivity contribution in [2.24, 2.45) is 5.41 Å². The second-order valence-corrected chi connectivity index (χ2v) is 5.43. The topological polar surface area (TPSA) is 36.4 Å². The van der Waals surface area contributed by atoms with Crippen LogP contribution in [-0.4, -0.2) is 23.2 Å². The highest BCUT2D eigenvalue weighted by Crippen LogP contribution is 2.34. The van der Waals surface area contributed by atoms with E-state index in [2.05, 4.69) is 23.7 Å². The van der Waals surface area contributed by atoms with E-state index in [0.717, 1.165) is 24.5 Å². The number of rotatable bonds is 2. The van der Waals surface area contributed by atoms with Crippen molar-refractivity contribution in [3.8, 4) is 0 Å². The smallest absolute Gasteiger partial charge is 0.134 e. The van der Waals surface area contributed by atoms with Crippen LogP contribution in [0.25, 0.3) is 0 Å². The summed E-state index contributed by atoms with van der Waals surface area (Å²) in [6.45, 7) is 8.39. The molecule has 0 amide bonds. The number of hydrogen-bond donors (Lipinski definition) is 1. The Balaban J connectivity index is 2.28. The molecule has 1 fully saturated rings. The lowest BCUT2D eigenvalue weighted by Gasteiger charge is -2.23. The van der Waals surface area contributed by atoms with Gasteiger partial charge >= 0.3 is 0 Å². The second-order valence-electron chi connectivity index (χ2n) is 5.43. The van der Waals surface area contributed by atoms with Crippen LogP contribution >= 0.6 is 0 Å². The largest absolute Gasteiger partial charge is 0.389 e. The molecule has 0 saturated carbocycles. The average Bonchev–Trinajstić information content (AvgIpc) is 2.59. The standard InChI is InChI=1S/C13H20N2O/c1-10(16)11-5-4-7-14-12(11)15-8-6-13(2,3)9-15/h4-5,7,10,16H,6,8-9H2,1-3H3/t10-/m0/s1. The quantitative estimate of drug-likeness (QED) is 0.831. The summed E-state index contributed by atoms with van der Waals surface area (Å²) in [7, 11) is 0. The lowest BCUT2D eigenvalue weighted by atomic mass is 9.93. The first kappa shape index (κ1) is 11.4. The number of anilines is 1. The Hall–Kier alpha value is -1.09. The average molecular weight is 220 g/mol. The Kier molecular flexibility index (Phi) is 2.89. The van der Waals surface area contributed by atoms with Gasteiger partial charge in [0.05, 0.1) is 6.10 Å². The first-order chi connectivity index (χ1) is 7.49. The molecule has 1 N–H and O–H groups in total. The van der Waals surface area contributed by atoms with Crippen molar-refractivity contribution in [1.82, 2.24) is 4.98 Å². The summed E-state index contributed by atoms with van der Waals surface area (Å²) >= 11 is 0. The summed E-state index contributed by atoms with van der Waals surface area (Å²) < 4.78 is 0. The van der Waals surface area contributed by atoms with Gasteiger partial charge in [-0.25, -0.2) is 4.98 Å². The van der Waals surface area contributed by atoms with Crippen LogP contribution in [0.2, 0.25) is 0 Å². The number of pyridine rings is 1. The Morgan fingerprint density at radius 1 is 1.50 bits per heavy atom. The molecule has 0 aromatic carbocycles. The molecule has 0 spiro atoms. The number of aromatic nitrogens is 1. The van der Waals surface area contributed by atoms with Crippen molar-refractivity contribution in [2.75, 3.05) is 18.0 Å². The van der Waals surface area contributed by atoms with Crippen LogP contribution in [0.4, 0.5) is 5.82 Å². The summed E-state index contributed by atoms with van der Waals surface area (Å²) in [5.41, 5.74) is 1.29. The van der Waals surface area contributed by atoms with E-state index in [1.165, 1.54) is 6.42 Å². The fourth-order valence-corrected chi connectivity index (χ4v) is 2.29. The molecule has 1 saturated heterocycles. The van der Waals surface area contributed by atoms with E-state index < -0.39 is 6.10 Å². The highest BCUT2D eigenvalue weighted by molar-refractivity contribution is 5.49. The SMILES string of the molecule is C[C@H](O)c1cccnc1N1CCC(C)(C)C1. The van der Waals surface area contributed by atoms with E-state index in [9.17, 15) is 5.11 Å². The first-order valence-electron chi connectivity index (χ1n) is 5.87. The fraction of sp³-hybridized carbons (Fsp3) is 0.615. The Labute approximate surface area is 97.1 Å². The van der Waals surface area contributed by atoms with Gasteiger partial charge in [-0.05, 0) is 24.8 Å². The van der Waals surface area contributed by atoms with E-state index in [1.54, 1.807) is 13.1 Å². The molecular weight excluding hydrogens is 200 g/mol. The van der Waals surface area contributed by atoms with Crippen LogP contribution in [0.3, 0.4) is 0 Å². The summed E-state index contributed by atoms with van der Waals surface area (Å²) in [5, 5.41) is 9.73. The molecule has 16 heavy (non-hydrogen) atoms. The number of nitrogens with zero attached hydrogens (tertiary/aromatic N) is 2. The van der Waals surface area contributed by atoms with E-state index in [-0.39, 0.29) is 0 Å². The molecule has 2 rings (SSSR count). The monoisotopic (exact) mass is 220 g/mol. The molecule has 88 valence electrons. The van der Waals surface area contributed by atoms with Crippen molar-refractivity contribution in [3.05, 3.63) is 23.9 Å². The zero-order chi connectivity index (χ0) is 11.8. The summed E-state index contributed by atoms with van der Waals surface area (Å²) in [6.07, 6.45) is 2.53. The van der Waals surface area contributed by atoms with Gasteiger partial charge in [-0.2, -0.15) is 0 Å². The lowest BCUT2D eigenvalue weighted by Crippen LogP contribution is -2.25. The van der Waals surface area contributed by atoms with Crippen LogP contribution < -0.4 is 4.90 Å². The molecule has 0 unspecified atom stereocenters. The predicted molar refractivity (Wildman–Crippen MR) is 65.5 cm³/mol. The highest BCUT2D eigenvalue weighted by Gasteiger charge is 2.31. The van der Waals surface area contributed by atoms with Crippen LogP contribution in [-0.2, 0) is 0 Å². The lowest BCUT2D eigenvalue weighted by molar-refractivity contribution is 0.199. The zero-order valence-electron chi connectivity index (χ0n) is 10.3. The molecule has 0 radical (unpaired) electrons. The summed E-state index contributed by atoms with van der Waals surface area (Å²) in [5.74, 6) is 0.947. The third-order valence-corrected chi connectivity index (χ3v) is 3.24. The fourth-order valence-electron chi connectivity index (χ4n) is 2.29. The molecule has 3 heteroatoms. The Bertz CT molecular complexity index is 374. The van der Waals surface area contributed by atoms with Crippen LogP contribution in [0, 0.1) is 5.41 Å². The van der Waals surface area contributed by atoms with E-state index in [4.69, 9.17) is 0 Å². The van der Waals surface area contributed by atoms with Gasteiger partial charge in [0.25, 0.3) is 0 Å². The minimum Gasteiger partial charge on any atom is -0.389 e. The van der Waals surface area contributed by atoms with E-state index in [0.29, 0.717) is 5.41 Å². The van der Waals surface area contributed by atoms with E-state index in [1.807, 2.05) is 12.1 Å². The molecule has 0 bridgehead atoms. The normalized spacial score (nSPS) is 21.1. The van der Waals surface area contributed by atoms with Crippen LogP contribution in [0.5, 0.6) is 0 Å². The third-order valence-electron chi connectivity index (χ3n) is 3.24. The van der Waals surface area contributed by atoms with Gasteiger partial charge < -0.3 is 10.0 Å². The van der Waals surface area contributed by atoms with Gasteiger partial charge in [-0.1, -0.05) is 19.9 Å². The Morgan fingerprint density at radius 3 is 2.81 bits per heavy atom.